The fraction of sp³-hybridized carbons (Fsp3) is 0. The zero-order valence-corrected chi connectivity index (χ0v) is 10.4. The van der Waals surface area contributed by atoms with Crippen molar-refractivity contribution >= 4 is 28.4 Å². The highest BCUT2D eigenvalue weighted by atomic mass is 16.4. The number of aromatic carboxylic acids is 1. The van der Waals surface area contributed by atoms with Gasteiger partial charge in [-0.25, -0.2) is 9.78 Å². The fourth-order valence-electron chi connectivity index (χ4n) is 2.11. The van der Waals surface area contributed by atoms with E-state index in [9.17, 15) is 4.79 Å². The van der Waals surface area contributed by atoms with Gasteiger partial charge in [-0.3, -0.25) is 4.57 Å². The van der Waals surface area contributed by atoms with Crippen LogP contribution in [-0.2, 0) is 0 Å². The lowest BCUT2D eigenvalue weighted by Crippen LogP contribution is -1.98. The van der Waals surface area contributed by atoms with Gasteiger partial charge >= 0.3 is 5.97 Å². The first-order chi connectivity index (χ1) is 9.56. The molecule has 100 valence electrons. The second-order valence-electron chi connectivity index (χ2n) is 4.45. The van der Waals surface area contributed by atoms with Crippen molar-refractivity contribution in [2.75, 3.05) is 11.5 Å². The molecule has 0 fully saturated rings. The number of hydrogen-bond donors (Lipinski definition) is 3. The van der Waals surface area contributed by atoms with Gasteiger partial charge in [0, 0.05) is 17.3 Å². The summed E-state index contributed by atoms with van der Waals surface area (Å²) in [4.78, 5) is 15.1. The van der Waals surface area contributed by atoms with E-state index in [-0.39, 0.29) is 5.56 Å². The fourth-order valence-corrected chi connectivity index (χ4v) is 2.11. The zero-order valence-electron chi connectivity index (χ0n) is 10.4. The van der Waals surface area contributed by atoms with Crippen LogP contribution in [0.2, 0.25) is 0 Å². The summed E-state index contributed by atoms with van der Waals surface area (Å²) >= 11 is 0. The lowest BCUT2D eigenvalue weighted by atomic mass is 10.2. The summed E-state index contributed by atoms with van der Waals surface area (Å²) in [7, 11) is 0. The minimum Gasteiger partial charge on any atom is -0.478 e. The maximum atomic E-state index is 10.8. The number of anilines is 2. The minimum absolute atomic E-state index is 0.232. The van der Waals surface area contributed by atoms with Crippen LogP contribution < -0.4 is 11.5 Å². The smallest absolute Gasteiger partial charge is 0.335 e. The van der Waals surface area contributed by atoms with Crippen LogP contribution in [0.3, 0.4) is 0 Å². The van der Waals surface area contributed by atoms with Crippen LogP contribution in [0, 0.1) is 0 Å². The van der Waals surface area contributed by atoms with Gasteiger partial charge in [0.25, 0.3) is 0 Å². The molecule has 5 N–H and O–H groups in total. The summed E-state index contributed by atoms with van der Waals surface area (Å²) in [5, 5.41) is 9.67. The van der Waals surface area contributed by atoms with Crippen molar-refractivity contribution in [1.29, 1.82) is 0 Å². The van der Waals surface area contributed by atoms with Crippen molar-refractivity contribution in [1.82, 2.24) is 9.55 Å². The molecule has 0 saturated heterocycles. The Bertz CT molecular complexity index is 806. The van der Waals surface area contributed by atoms with Gasteiger partial charge in [0.05, 0.1) is 23.1 Å². The Morgan fingerprint density at radius 1 is 1.20 bits per heavy atom. The predicted octanol–water partition coefficient (Wildman–Crippen LogP) is 1.89. The van der Waals surface area contributed by atoms with E-state index in [0.717, 1.165) is 11.1 Å². The number of benzene rings is 1. The molecule has 0 unspecified atom stereocenters. The number of aromatic nitrogens is 2. The number of carboxylic acid groups (broad SMARTS) is 1. The maximum absolute atomic E-state index is 10.8. The number of pyridine rings is 1. The Balaban J connectivity index is 2.17. The third-order valence-electron chi connectivity index (χ3n) is 3.09. The largest absolute Gasteiger partial charge is 0.478 e. The number of nitrogen functional groups attached to an aromatic ring is 2. The van der Waals surface area contributed by atoms with Gasteiger partial charge in [-0.05, 0) is 30.3 Å². The molecule has 3 aromatic rings. The van der Waals surface area contributed by atoms with Crippen molar-refractivity contribution < 1.29 is 9.90 Å². The summed E-state index contributed by atoms with van der Waals surface area (Å²) in [6.07, 6.45) is 3.30. The second kappa shape index (κ2) is 4.27. The summed E-state index contributed by atoms with van der Waals surface area (Å²) < 4.78 is 1.80. The van der Waals surface area contributed by atoms with E-state index >= 15 is 0 Å². The Morgan fingerprint density at radius 3 is 2.55 bits per heavy atom. The lowest BCUT2D eigenvalue weighted by molar-refractivity contribution is 0.0697. The van der Waals surface area contributed by atoms with E-state index in [1.165, 1.54) is 12.1 Å². The first kappa shape index (κ1) is 12.0. The van der Waals surface area contributed by atoms with Crippen LogP contribution in [0.15, 0.2) is 42.7 Å². The van der Waals surface area contributed by atoms with Crippen LogP contribution in [0.5, 0.6) is 0 Å². The molecule has 0 amide bonds. The molecule has 0 aliphatic rings. The van der Waals surface area contributed by atoms with E-state index in [1.54, 1.807) is 35.2 Å². The predicted molar refractivity (Wildman–Crippen MR) is 76.9 cm³/mol. The average molecular weight is 268 g/mol. The van der Waals surface area contributed by atoms with Gasteiger partial charge < -0.3 is 16.6 Å². The van der Waals surface area contributed by atoms with Crippen molar-refractivity contribution in [3.8, 4) is 5.69 Å². The second-order valence-corrected chi connectivity index (χ2v) is 4.45. The normalized spacial score (nSPS) is 10.8. The van der Waals surface area contributed by atoms with Gasteiger partial charge in [0.1, 0.15) is 5.65 Å². The molecule has 0 saturated carbocycles. The summed E-state index contributed by atoms with van der Waals surface area (Å²) in [6, 6.07) is 8.26. The standard InChI is InChI=1S/C14H12N4O2/c15-9-5-11-12(16)7-18(13(11)17-6-9)10-3-1-8(2-4-10)14(19)20/h1-7H,15-16H2,(H,19,20). The van der Waals surface area contributed by atoms with E-state index in [2.05, 4.69) is 4.98 Å². The molecule has 6 nitrogen and oxygen atoms in total. The molecule has 1 aromatic carbocycles. The van der Waals surface area contributed by atoms with E-state index in [4.69, 9.17) is 16.6 Å². The molecule has 0 bridgehead atoms. The van der Waals surface area contributed by atoms with Crippen LogP contribution in [-0.4, -0.2) is 20.6 Å². The molecule has 2 aromatic heterocycles. The maximum Gasteiger partial charge on any atom is 0.335 e. The van der Waals surface area contributed by atoms with E-state index < -0.39 is 5.97 Å². The number of hydrogen-bond acceptors (Lipinski definition) is 4. The van der Waals surface area contributed by atoms with Crippen molar-refractivity contribution in [2.24, 2.45) is 0 Å². The van der Waals surface area contributed by atoms with Gasteiger partial charge in [0.15, 0.2) is 0 Å². The highest BCUT2D eigenvalue weighted by Crippen LogP contribution is 2.26. The van der Waals surface area contributed by atoms with Gasteiger partial charge in [-0.2, -0.15) is 0 Å². The Kier molecular flexibility index (Phi) is 2.57. The number of rotatable bonds is 2. The van der Waals surface area contributed by atoms with Crippen molar-refractivity contribution in [3.63, 3.8) is 0 Å². The third-order valence-corrected chi connectivity index (χ3v) is 3.09. The number of carboxylic acids is 1. The topological polar surface area (TPSA) is 107 Å². The first-order valence-electron chi connectivity index (χ1n) is 5.92. The van der Waals surface area contributed by atoms with Crippen LogP contribution in [0.1, 0.15) is 10.4 Å². The molecule has 0 atom stereocenters. The molecule has 0 spiro atoms. The Morgan fingerprint density at radius 2 is 1.90 bits per heavy atom. The van der Waals surface area contributed by atoms with Crippen LogP contribution >= 0.6 is 0 Å². The minimum atomic E-state index is -0.959. The molecule has 0 radical (unpaired) electrons. The van der Waals surface area contributed by atoms with Crippen molar-refractivity contribution in [3.05, 3.63) is 48.3 Å². The highest BCUT2D eigenvalue weighted by Gasteiger charge is 2.10. The van der Waals surface area contributed by atoms with Crippen LogP contribution in [0.25, 0.3) is 16.7 Å². The summed E-state index contributed by atoms with van der Waals surface area (Å²) in [5.41, 5.74) is 14.5. The highest BCUT2D eigenvalue weighted by molar-refractivity contribution is 5.92. The Labute approximate surface area is 114 Å². The zero-order chi connectivity index (χ0) is 14.3. The van der Waals surface area contributed by atoms with E-state index in [0.29, 0.717) is 17.0 Å². The molecule has 6 heteroatoms. The average Bonchev–Trinajstić information content (AvgIpc) is 2.76. The lowest BCUT2D eigenvalue weighted by Gasteiger charge is -2.05. The number of carbonyl (C=O) groups is 1. The molecular formula is C14H12N4O2. The van der Waals surface area contributed by atoms with Crippen molar-refractivity contribution in [2.45, 2.75) is 0 Å². The van der Waals surface area contributed by atoms with E-state index in [1.807, 2.05) is 0 Å². The molecule has 20 heavy (non-hydrogen) atoms. The molecule has 0 aliphatic carbocycles. The molecule has 2 heterocycles. The number of nitrogens with zero attached hydrogens (tertiary/aromatic N) is 2. The monoisotopic (exact) mass is 268 g/mol. The number of nitrogens with two attached hydrogens (primary N) is 2. The third kappa shape index (κ3) is 1.83. The Hall–Kier alpha value is -3.02. The van der Waals surface area contributed by atoms with Gasteiger partial charge in [-0.15, -0.1) is 0 Å². The summed E-state index contributed by atoms with van der Waals surface area (Å²) in [5.74, 6) is -0.959. The molecular weight excluding hydrogens is 256 g/mol. The SMILES string of the molecule is Nc1cnc2c(c1)c(N)cn2-c1ccc(C(=O)O)cc1. The van der Waals surface area contributed by atoms with Gasteiger partial charge in [0.2, 0.25) is 0 Å². The molecule has 0 aliphatic heterocycles. The summed E-state index contributed by atoms with van der Waals surface area (Å²) in [6.45, 7) is 0. The quantitative estimate of drug-likeness (QED) is 0.657. The first-order valence-corrected chi connectivity index (χ1v) is 5.92. The van der Waals surface area contributed by atoms with Crippen LogP contribution in [0.4, 0.5) is 11.4 Å². The van der Waals surface area contributed by atoms with Gasteiger partial charge in [-0.1, -0.05) is 0 Å². The number of fused-ring (bicyclic) bond motifs is 1. The molecule has 3 rings (SSSR count).